The van der Waals surface area contributed by atoms with Crippen molar-refractivity contribution in [1.82, 2.24) is 9.97 Å². The lowest BCUT2D eigenvalue weighted by molar-refractivity contribution is 0.605. The van der Waals surface area contributed by atoms with Crippen molar-refractivity contribution in [3.8, 4) is 0 Å². The number of fused-ring (bicyclic) bond motifs is 1. The molecule has 1 aliphatic heterocycles. The predicted molar refractivity (Wildman–Crippen MR) is 80.2 cm³/mol. The molecule has 0 saturated carbocycles. The van der Waals surface area contributed by atoms with Crippen LogP contribution in [0.5, 0.6) is 0 Å². The maximum absolute atomic E-state index is 11.9. The summed E-state index contributed by atoms with van der Waals surface area (Å²) in [6.07, 6.45) is 0.983. The fourth-order valence-corrected chi connectivity index (χ4v) is 2.83. The maximum Gasteiger partial charge on any atom is 0.255 e. The average molecular weight is 269 g/mol. The van der Waals surface area contributed by atoms with E-state index >= 15 is 0 Å². The molecule has 20 heavy (non-hydrogen) atoms. The highest BCUT2D eigenvalue weighted by molar-refractivity contribution is 5.44. The highest BCUT2D eigenvalue weighted by Crippen LogP contribution is 2.31. The predicted octanol–water partition coefficient (Wildman–Crippen LogP) is 2.51. The van der Waals surface area contributed by atoms with Crippen LogP contribution in [0.15, 0.2) is 29.1 Å². The van der Waals surface area contributed by atoms with Gasteiger partial charge in [-0.15, -0.1) is 0 Å². The van der Waals surface area contributed by atoms with Crippen molar-refractivity contribution in [1.29, 1.82) is 0 Å². The van der Waals surface area contributed by atoms with E-state index in [1.54, 1.807) is 6.92 Å². The van der Waals surface area contributed by atoms with E-state index in [1.165, 1.54) is 11.1 Å². The number of nitrogens with zero attached hydrogens (tertiary/aromatic N) is 2. The van der Waals surface area contributed by atoms with E-state index in [0.717, 1.165) is 18.7 Å². The molecule has 2 aromatic rings. The Morgan fingerprint density at radius 2 is 2.05 bits per heavy atom. The van der Waals surface area contributed by atoms with Gasteiger partial charge >= 0.3 is 0 Å². The molecule has 0 saturated heterocycles. The summed E-state index contributed by atoms with van der Waals surface area (Å²) >= 11 is 0. The number of aromatic amines is 1. The van der Waals surface area contributed by atoms with E-state index in [2.05, 4.69) is 46.1 Å². The number of anilines is 1. The van der Waals surface area contributed by atoms with Crippen LogP contribution in [0.25, 0.3) is 0 Å². The van der Waals surface area contributed by atoms with Crippen molar-refractivity contribution in [2.75, 3.05) is 11.4 Å². The number of rotatable bonds is 1. The molecule has 1 aromatic carbocycles. The topological polar surface area (TPSA) is 49.0 Å². The van der Waals surface area contributed by atoms with Crippen molar-refractivity contribution < 1.29 is 0 Å². The van der Waals surface area contributed by atoms with Crippen LogP contribution < -0.4 is 10.5 Å². The quantitative estimate of drug-likeness (QED) is 0.865. The van der Waals surface area contributed by atoms with Crippen LogP contribution in [0.1, 0.15) is 35.3 Å². The van der Waals surface area contributed by atoms with Gasteiger partial charge in [0.05, 0.1) is 6.04 Å². The lowest BCUT2D eigenvalue weighted by Crippen LogP contribution is -2.36. The Balaban J connectivity index is 2.03. The Labute approximate surface area is 118 Å². The third-order valence-corrected chi connectivity index (χ3v) is 4.25. The van der Waals surface area contributed by atoms with Crippen LogP contribution in [0.2, 0.25) is 0 Å². The molecule has 0 amide bonds. The lowest BCUT2D eigenvalue weighted by atomic mass is 9.94. The monoisotopic (exact) mass is 269 g/mol. The molecule has 1 aliphatic rings. The van der Waals surface area contributed by atoms with Crippen molar-refractivity contribution >= 4 is 5.95 Å². The van der Waals surface area contributed by atoms with E-state index in [1.807, 2.05) is 6.92 Å². The number of H-pyrrole nitrogens is 1. The minimum absolute atomic E-state index is 0.0430. The Morgan fingerprint density at radius 3 is 2.80 bits per heavy atom. The standard InChI is InChI=1S/C16H19N3O/c1-10-11(2)17-16(18-15(10)20)19-9-8-13-6-4-5-7-14(13)12(19)3/h4-7,12H,8-9H2,1-3H3,(H,17,18,20)/t12-/m1/s1. The Morgan fingerprint density at radius 1 is 1.30 bits per heavy atom. The third kappa shape index (κ3) is 2.01. The molecule has 0 radical (unpaired) electrons. The van der Waals surface area contributed by atoms with E-state index in [0.29, 0.717) is 11.5 Å². The second kappa shape index (κ2) is 4.78. The van der Waals surface area contributed by atoms with E-state index in [9.17, 15) is 4.79 Å². The molecule has 0 spiro atoms. The van der Waals surface area contributed by atoms with E-state index in [4.69, 9.17) is 0 Å². The summed E-state index contributed by atoms with van der Waals surface area (Å²) in [5, 5.41) is 0. The van der Waals surface area contributed by atoms with Crippen LogP contribution in [0.4, 0.5) is 5.95 Å². The van der Waals surface area contributed by atoms with E-state index < -0.39 is 0 Å². The molecule has 104 valence electrons. The number of aryl methyl sites for hydroxylation is 1. The van der Waals surface area contributed by atoms with Gasteiger partial charge in [0.2, 0.25) is 5.95 Å². The van der Waals surface area contributed by atoms with Crippen molar-refractivity contribution in [2.45, 2.75) is 33.2 Å². The summed E-state index contributed by atoms with van der Waals surface area (Å²) in [6.45, 7) is 6.73. The third-order valence-electron chi connectivity index (χ3n) is 4.25. The van der Waals surface area contributed by atoms with Gasteiger partial charge in [0.25, 0.3) is 5.56 Å². The highest BCUT2D eigenvalue weighted by Gasteiger charge is 2.25. The summed E-state index contributed by atoms with van der Waals surface area (Å²) in [6, 6.07) is 8.71. The molecule has 1 aromatic heterocycles. The molecule has 1 N–H and O–H groups in total. The second-order valence-corrected chi connectivity index (χ2v) is 5.42. The molecule has 0 fully saturated rings. The van der Waals surface area contributed by atoms with Crippen molar-refractivity contribution in [3.63, 3.8) is 0 Å². The first-order chi connectivity index (χ1) is 9.58. The van der Waals surface area contributed by atoms with Gasteiger partial charge in [-0.05, 0) is 38.3 Å². The zero-order valence-electron chi connectivity index (χ0n) is 12.1. The first kappa shape index (κ1) is 12.9. The summed E-state index contributed by atoms with van der Waals surface area (Å²) in [4.78, 5) is 21.6. The Bertz CT molecular complexity index is 705. The van der Waals surface area contributed by atoms with Crippen LogP contribution in [-0.4, -0.2) is 16.5 Å². The van der Waals surface area contributed by atoms with Gasteiger partial charge < -0.3 is 4.90 Å². The zero-order chi connectivity index (χ0) is 14.3. The van der Waals surface area contributed by atoms with Gasteiger partial charge in [0, 0.05) is 17.8 Å². The Hall–Kier alpha value is -2.10. The molecular formula is C16H19N3O. The maximum atomic E-state index is 11.9. The number of benzene rings is 1. The minimum atomic E-state index is -0.0430. The van der Waals surface area contributed by atoms with Crippen LogP contribution in [-0.2, 0) is 6.42 Å². The molecule has 4 heteroatoms. The SMILES string of the molecule is Cc1nc(N2CCc3ccccc3[C@H]2C)[nH]c(=O)c1C. The summed E-state index contributed by atoms with van der Waals surface area (Å²) < 4.78 is 0. The summed E-state index contributed by atoms with van der Waals surface area (Å²) in [5.41, 5.74) is 4.16. The second-order valence-electron chi connectivity index (χ2n) is 5.42. The van der Waals surface area contributed by atoms with Gasteiger partial charge in [0.15, 0.2) is 0 Å². The molecule has 4 nitrogen and oxygen atoms in total. The van der Waals surface area contributed by atoms with Gasteiger partial charge in [-0.3, -0.25) is 9.78 Å². The zero-order valence-corrected chi connectivity index (χ0v) is 12.1. The largest absolute Gasteiger partial charge is 0.335 e. The van der Waals surface area contributed by atoms with Gasteiger partial charge in [-0.1, -0.05) is 24.3 Å². The average Bonchev–Trinajstić information content (AvgIpc) is 2.45. The summed E-state index contributed by atoms with van der Waals surface area (Å²) in [5.74, 6) is 0.681. The van der Waals surface area contributed by atoms with Crippen molar-refractivity contribution in [2.24, 2.45) is 0 Å². The number of hydrogen-bond donors (Lipinski definition) is 1. The lowest BCUT2D eigenvalue weighted by Gasteiger charge is -2.35. The van der Waals surface area contributed by atoms with E-state index in [-0.39, 0.29) is 11.6 Å². The highest BCUT2D eigenvalue weighted by atomic mass is 16.1. The minimum Gasteiger partial charge on any atom is -0.335 e. The number of aromatic nitrogens is 2. The van der Waals surface area contributed by atoms with Gasteiger partial charge in [-0.25, -0.2) is 4.98 Å². The molecule has 1 atom stereocenters. The van der Waals surface area contributed by atoms with Gasteiger partial charge in [-0.2, -0.15) is 0 Å². The molecule has 0 bridgehead atoms. The molecular weight excluding hydrogens is 250 g/mol. The summed E-state index contributed by atoms with van der Waals surface area (Å²) in [7, 11) is 0. The van der Waals surface area contributed by atoms with Gasteiger partial charge in [0.1, 0.15) is 0 Å². The van der Waals surface area contributed by atoms with Crippen LogP contribution in [0.3, 0.4) is 0 Å². The normalized spacial score (nSPS) is 17.9. The number of nitrogens with one attached hydrogen (secondary N) is 1. The fourth-order valence-electron chi connectivity index (χ4n) is 2.83. The molecule has 3 rings (SSSR count). The van der Waals surface area contributed by atoms with Crippen LogP contribution in [0, 0.1) is 13.8 Å². The molecule has 0 unspecified atom stereocenters. The molecule has 0 aliphatic carbocycles. The first-order valence-electron chi connectivity index (χ1n) is 7.00. The van der Waals surface area contributed by atoms with Crippen LogP contribution >= 0.6 is 0 Å². The number of hydrogen-bond acceptors (Lipinski definition) is 3. The first-order valence-corrected chi connectivity index (χ1v) is 7.00. The Kier molecular flexibility index (Phi) is 3.08. The molecule has 2 heterocycles. The van der Waals surface area contributed by atoms with Crippen molar-refractivity contribution in [3.05, 3.63) is 57.0 Å². The smallest absolute Gasteiger partial charge is 0.255 e. The fraction of sp³-hybridized carbons (Fsp3) is 0.375.